The van der Waals surface area contributed by atoms with Crippen LogP contribution in [0.15, 0.2) is 24.3 Å². The Labute approximate surface area is 146 Å². The maximum atomic E-state index is 12.7. The normalized spacial score (nSPS) is 16.5. The van der Waals surface area contributed by atoms with E-state index in [-0.39, 0.29) is 11.3 Å². The Morgan fingerprint density at radius 1 is 1.32 bits per heavy atom. The minimum atomic E-state index is -1.04. The summed E-state index contributed by atoms with van der Waals surface area (Å²) in [5.74, 6) is 0.541. The smallest absolute Gasteiger partial charge is 0.282 e. The monoisotopic (exact) mass is 362 g/mol. The van der Waals surface area contributed by atoms with Crippen LogP contribution in [0.5, 0.6) is 0 Å². The number of hydrogen-bond donors (Lipinski definition) is 1. The molecule has 1 aromatic carbocycles. The summed E-state index contributed by atoms with van der Waals surface area (Å²) in [6, 6.07) is 5.77. The fraction of sp³-hybridized carbons (Fsp3) is 0.375. The Morgan fingerprint density at radius 3 is 2.64 bits per heavy atom. The van der Waals surface area contributed by atoms with E-state index in [9.17, 15) is 19.1 Å². The van der Waals surface area contributed by atoms with Crippen LogP contribution in [0, 0.1) is 10.1 Å². The zero-order chi connectivity index (χ0) is 18.4. The van der Waals surface area contributed by atoms with Gasteiger partial charge in [0.15, 0.2) is 0 Å². The second-order valence-electron chi connectivity index (χ2n) is 6.81. The van der Waals surface area contributed by atoms with Crippen molar-refractivity contribution < 1.29 is 13.9 Å². The van der Waals surface area contributed by atoms with Crippen LogP contribution < -0.4 is 5.32 Å². The molecule has 8 nitrogen and oxygen atoms in total. The Kier molecular flexibility index (Phi) is 4.19. The highest BCUT2D eigenvalue weighted by molar-refractivity contribution is 7.83. The first kappa shape index (κ1) is 17.3. The lowest BCUT2D eigenvalue weighted by Gasteiger charge is -2.23. The van der Waals surface area contributed by atoms with Crippen molar-refractivity contribution in [2.45, 2.75) is 37.8 Å². The van der Waals surface area contributed by atoms with E-state index in [1.54, 1.807) is 10.7 Å². The van der Waals surface area contributed by atoms with Gasteiger partial charge in [0.25, 0.3) is 11.6 Å². The van der Waals surface area contributed by atoms with Crippen molar-refractivity contribution in [3.8, 4) is 0 Å². The lowest BCUT2D eigenvalue weighted by Crippen LogP contribution is -2.27. The summed E-state index contributed by atoms with van der Waals surface area (Å²) in [7, 11) is -1.04. The number of nitro groups is 1. The summed E-state index contributed by atoms with van der Waals surface area (Å²) in [4.78, 5) is 23.2. The van der Waals surface area contributed by atoms with E-state index in [2.05, 4.69) is 10.4 Å². The fourth-order valence-corrected chi connectivity index (χ4v) is 4.01. The zero-order valence-corrected chi connectivity index (χ0v) is 14.9. The van der Waals surface area contributed by atoms with Gasteiger partial charge in [-0.15, -0.1) is 0 Å². The van der Waals surface area contributed by atoms with Gasteiger partial charge in [0.05, 0.1) is 27.7 Å². The van der Waals surface area contributed by atoms with E-state index in [0.717, 1.165) is 5.56 Å². The molecule has 1 aliphatic heterocycles. The molecule has 1 aliphatic rings. The van der Waals surface area contributed by atoms with Crippen LogP contribution in [-0.4, -0.2) is 24.8 Å². The predicted octanol–water partition coefficient (Wildman–Crippen LogP) is 2.56. The number of para-hydroxylation sites is 1. The molecule has 1 atom stereocenters. The van der Waals surface area contributed by atoms with Gasteiger partial charge >= 0.3 is 0 Å². The molecule has 2 aromatic rings. The number of anilines is 1. The molecule has 0 unspecified atom stereocenters. The van der Waals surface area contributed by atoms with Gasteiger partial charge in [-0.2, -0.15) is 5.10 Å². The van der Waals surface area contributed by atoms with Crippen molar-refractivity contribution in [2.24, 2.45) is 0 Å². The standard InChI is InChI=1S/C16H18N4O4S/c1-16(2,3)19-14(11-8-25(24)9-12(11)18-19)17-15(21)10-6-4-5-7-13(10)20(22)23/h4-7H,8-9H2,1-3H3,(H,17,21)/t25-/m1/s1. The van der Waals surface area contributed by atoms with E-state index in [1.807, 2.05) is 20.8 Å². The minimum Gasteiger partial charge on any atom is -0.306 e. The first-order valence-electron chi connectivity index (χ1n) is 7.69. The molecule has 132 valence electrons. The van der Waals surface area contributed by atoms with E-state index in [1.165, 1.54) is 18.2 Å². The lowest BCUT2D eigenvalue weighted by molar-refractivity contribution is -0.385. The largest absolute Gasteiger partial charge is 0.306 e. The number of nitro benzene ring substituents is 1. The Hall–Kier alpha value is -2.55. The third-order valence-corrected chi connectivity index (χ3v) is 5.09. The second kappa shape index (κ2) is 6.07. The average molecular weight is 362 g/mol. The average Bonchev–Trinajstić information content (AvgIpc) is 3.04. The van der Waals surface area contributed by atoms with Gasteiger partial charge in [-0.3, -0.25) is 19.1 Å². The highest BCUT2D eigenvalue weighted by Gasteiger charge is 2.32. The van der Waals surface area contributed by atoms with Crippen molar-refractivity contribution in [3.05, 3.63) is 51.2 Å². The maximum Gasteiger partial charge on any atom is 0.282 e. The number of amides is 1. The summed E-state index contributed by atoms with van der Waals surface area (Å²) < 4.78 is 13.5. The zero-order valence-electron chi connectivity index (χ0n) is 14.1. The number of nitrogens with one attached hydrogen (secondary N) is 1. The van der Waals surface area contributed by atoms with Crippen LogP contribution in [0.4, 0.5) is 11.5 Å². The fourth-order valence-electron chi connectivity index (χ4n) is 2.74. The first-order chi connectivity index (χ1) is 11.7. The van der Waals surface area contributed by atoms with Gasteiger partial charge in [-0.1, -0.05) is 12.1 Å². The topological polar surface area (TPSA) is 107 Å². The Bertz CT molecular complexity index is 898. The van der Waals surface area contributed by atoms with E-state index < -0.39 is 27.2 Å². The molecule has 9 heteroatoms. The van der Waals surface area contributed by atoms with Crippen LogP contribution in [0.1, 0.15) is 42.4 Å². The van der Waals surface area contributed by atoms with E-state index >= 15 is 0 Å². The molecule has 0 spiro atoms. The van der Waals surface area contributed by atoms with E-state index in [4.69, 9.17) is 0 Å². The number of aromatic nitrogens is 2. The van der Waals surface area contributed by atoms with Crippen molar-refractivity contribution in [1.29, 1.82) is 0 Å². The number of rotatable bonds is 3. The summed E-state index contributed by atoms with van der Waals surface area (Å²) in [6.45, 7) is 5.81. The molecule has 0 saturated heterocycles. The number of carbonyl (C=O) groups is 1. The molecule has 1 aromatic heterocycles. The van der Waals surface area contributed by atoms with Crippen LogP contribution in [0.25, 0.3) is 0 Å². The molecule has 0 saturated carbocycles. The second-order valence-corrected chi connectivity index (χ2v) is 8.27. The molecule has 0 bridgehead atoms. The summed E-state index contributed by atoms with van der Waals surface area (Å²) in [5, 5.41) is 18.4. The van der Waals surface area contributed by atoms with Crippen molar-refractivity contribution in [2.75, 3.05) is 5.32 Å². The lowest BCUT2D eigenvalue weighted by atomic mass is 10.1. The number of hydrogen-bond acceptors (Lipinski definition) is 5. The predicted molar refractivity (Wildman–Crippen MR) is 93.8 cm³/mol. The molecule has 0 fully saturated rings. The molecule has 3 rings (SSSR count). The number of carbonyl (C=O) groups excluding carboxylic acids is 1. The summed E-state index contributed by atoms with van der Waals surface area (Å²) in [6.07, 6.45) is 0. The molecular formula is C16H18N4O4S. The van der Waals surface area contributed by atoms with Crippen LogP contribution >= 0.6 is 0 Å². The summed E-state index contributed by atoms with van der Waals surface area (Å²) in [5.41, 5.74) is 0.743. The Balaban J connectivity index is 2.03. The summed E-state index contributed by atoms with van der Waals surface area (Å²) >= 11 is 0. The van der Waals surface area contributed by atoms with Crippen molar-refractivity contribution in [1.82, 2.24) is 9.78 Å². The molecule has 1 amide bonds. The number of nitrogens with zero attached hydrogens (tertiary/aromatic N) is 3. The number of benzene rings is 1. The van der Waals surface area contributed by atoms with Crippen molar-refractivity contribution >= 4 is 28.2 Å². The minimum absolute atomic E-state index is 0.0259. The van der Waals surface area contributed by atoms with Crippen LogP contribution in [0.3, 0.4) is 0 Å². The van der Waals surface area contributed by atoms with Gasteiger partial charge < -0.3 is 5.32 Å². The first-order valence-corrected chi connectivity index (χ1v) is 9.18. The molecule has 25 heavy (non-hydrogen) atoms. The van der Waals surface area contributed by atoms with Gasteiger partial charge in [-0.25, -0.2) is 4.68 Å². The van der Waals surface area contributed by atoms with Gasteiger partial charge in [0, 0.05) is 22.4 Å². The van der Waals surface area contributed by atoms with E-state index in [0.29, 0.717) is 23.0 Å². The molecule has 0 radical (unpaired) electrons. The quantitative estimate of drug-likeness (QED) is 0.667. The van der Waals surface area contributed by atoms with Gasteiger partial charge in [0.1, 0.15) is 11.4 Å². The highest BCUT2D eigenvalue weighted by atomic mass is 32.2. The van der Waals surface area contributed by atoms with Crippen molar-refractivity contribution in [3.63, 3.8) is 0 Å². The van der Waals surface area contributed by atoms with Crippen LogP contribution in [0.2, 0.25) is 0 Å². The third kappa shape index (κ3) is 3.19. The highest BCUT2D eigenvalue weighted by Crippen LogP contribution is 2.33. The SMILES string of the molecule is CC(C)(C)n1nc2c(c1NC(=O)c1ccccc1[N+](=O)[O-])C[S@@](=O)C2. The molecule has 2 heterocycles. The molecular weight excluding hydrogens is 344 g/mol. The third-order valence-electron chi connectivity index (χ3n) is 3.88. The molecule has 1 N–H and O–H groups in total. The molecule has 0 aliphatic carbocycles. The maximum absolute atomic E-state index is 12.7. The van der Waals surface area contributed by atoms with Gasteiger partial charge in [-0.05, 0) is 26.8 Å². The number of fused-ring (bicyclic) bond motifs is 1. The Morgan fingerprint density at radius 2 is 2.00 bits per heavy atom. The van der Waals surface area contributed by atoms with Gasteiger partial charge in [0.2, 0.25) is 0 Å². The van der Waals surface area contributed by atoms with Crippen LogP contribution in [-0.2, 0) is 27.8 Å².